The van der Waals surface area contributed by atoms with Gasteiger partial charge < -0.3 is 4.42 Å². The van der Waals surface area contributed by atoms with Crippen LogP contribution in [0.2, 0.25) is 0 Å². The zero-order chi connectivity index (χ0) is 19.0. The van der Waals surface area contributed by atoms with Gasteiger partial charge in [0.25, 0.3) is 11.8 Å². The van der Waals surface area contributed by atoms with E-state index in [9.17, 15) is 24.5 Å². The number of hydrogen-bond acceptors (Lipinski definition) is 6. The number of carbonyl (C=O) groups is 3. The molecule has 1 aromatic carbocycles. The molecule has 1 aliphatic rings. The molecule has 2 heterocycles. The number of nitrogens with zero attached hydrogens (tertiary/aromatic N) is 2. The quantitative estimate of drug-likeness (QED) is 0.390. The molecule has 1 aliphatic heterocycles. The van der Waals surface area contributed by atoms with Gasteiger partial charge in [-0.25, -0.2) is 9.69 Å². The number of benzene rings is 1. The highest BCUT2D eigenvalue weighted by Gasteiger charge is 2.37. The van der Waals surface area contributed by atoms with Crippen molar-refractivity contribution in [3.8, 4) is 0 Å². The van der Waals surface area contributed by atoms with Gasteiger partial charge in [-0.1, -0.05) is 6.07 Å². The van der Waals surface area contributed by atoms with E-state index in [2.05, 4.69) is 5.32 Å². The van der Waals surface area contributed by atoms with Gasteiger partial charge in [0.15, 0.2) is 0 Å². The standard InChI is InChI=1S/C17H13N3O6/c1-9-3-4-11(7-10(9)2)19-16(22)13(15(21)18-17(19)23)8-12-5-6-14(26-12)20(24)25/h3-8H,1-2H3,(H,18,21,23)/b13-8+. The molecule has 9 heteroatoms. The fourth-order valence-electron chi connectivity index (χ4n) is 2.42. The number of furan rings is 1. The molecule has 0 spiro atoms. The topological polar surface area (TPSA) is 123 Å². The fraction of sp³-hybridized carbons (Fsp3) is 0.118. The van der Waals surface area contributed by atoms with Crippen molar-refractivity contribution in [3.05, 3.63) is 62.9 Å². The SMILES string of the molecule is Cc1ccc(N2C(=O)NC(=O)/C(=C\c3ccc([N+](=O)[O-])o3)C2=O)cc1C. The predicted molar refractivity (Wildman–Crippen MR) is 90.3 cm³/mol. The lowest BCUT2D eigenvalue weighted by atomic mass is 10.1. The van der Waals surface area contributed by atoms with Crippen molar-refractivity contribution in [2.24, 2.45) is 0 Å². The van der Waals surface area contributed by atoms with Crippen molar-refractivity contribution in [1.82, 2.24) is 5.32 Å². The Hall–Kier alpha value is -3.75. The highest BCUT2D eigenvalue weighted by atomic mass is 16.6. The van der Waals surface area contributed by atoms with Crippen LogP contribution < -0.4 is 10.2 Å². The fourth-order valence-corrected chi connectivity index (χ4v) is 2.42. The molecule has 4 amide bonds. The number of urea groups is 1. The number of carbonyl (C=O) groups excluding carboxylic acids is 3. The van der Waals surface area contributed by atoms with E-state index in [0.29, 0.717) is 5.69 Å². The van der Waals surface area contributed by atoms with Crippen LogP contribution in [0, 0.1) is 24.0 Å². The van der Waals surface area contributed by atoms with Crippen LogP contribution in [-0.4, -0.2) is 22.8 Å². The summed E-state index contributed by atoms with van der Waals surface area (Å²) < 4.78 is 4.94. The molecule has 1 saturated heterocycles. The number of nitro groups is 1. The molecule has 132 valence electrons. The van der Waals surface area contributed by atoms with Crippen LogP contribution >= 0.6 is 0 Å². The predicted octanol–water partition coefficient (Wildman–Crippen LogP) is 2.47. The first-order valence-electron chi connectivity index (χ1n) is 7.51. The van der Waals surface area contributed by atoms with Crippen molar-refractivity contribution < 1.29 is 23.7 Å². The highest BCUT2D eigenvalue weighted by molar-refractivity contribution is 6.39. The van der Waals surface area contributed by atoms with E-state index in [1.54, 1.807) is 18.2 Å². The van der Waals surface area contributed by atoms with Crippen LogP contribution in [0.4, 0.5) is 16.4 Å². The molecule has 1 fully saturated rings. The third-order valence-electron chi connectivity index (χ3n) is 3.93. The average molecular weight is 355 g/mol. The molecular formula is C17H13N3O6. The third-order valence-corrected chi connectivity index (χ3v) is 3.93. The van der Waals surface area contributed by atoms with E-state index in [0.717, 1.165) is 28.2 Å². The summed E-state index contributed by atoms with van der Waals surface area (Å²) in [5.74, 6) is -2.33. The minimum atomic E-state index is -0.904. The summed E-state index contributed by atoms with van der Waals surface area (Å²) in [6.07, 6.45) is 1.06. The minimum absolute atomic E-state index is 0.0513. The van der Waals surface area contributed by atoms with Gasteiger partial charge in [0.1, 0.15) is 16.3 Å². The number of amides is 4. The van der Waals surface area contributed by atoms with E-state index < -0.39 is 28.7 Å². The Labute approximate surface area is 147 Å². The molecule has 9 nitrogen and oxygen atoms in total. The first-order valence-corrected chi connectivity index (χ1v) is 7.51. The third kappa shape index (κ3) is 2.97. The van der Waals surface area contributed by atoms with Crippen LogP contribution in [0.1, 0.15) is 16.9 Å². The van der Waals surface area contributed by atoms with Gasteiger partial charge in [-0.05, 0) is 49.2 Å². The van der Waals surface area contributed by atoms with Crippen molar-refractivity contribution >= 4 is 35.5 Å². The van der Waals surface area contributed by atoms with Crippen molar-refractivity contribution in [2.75, 3.05) is 4.90 Å². The molecule has 2 aromatic rings. The first-order chi connectivity index (χ1) is 12.3. The van der Waals surface area contributed by atoms with E-state index in [-0.39, 0.29) is 11.3 Å². The number of rotatable bonds is 3. The molecule has 26 heavy (non-hydrogen) atoms. The molecule has 0 radical (unpaired) electrons. The lowest BCUT2D eigenvalue weighted by Crippen LogP contribution is -2.54. The van der Waals surface area contributed by atoms with Gasteiger partial charge >= 0.3 is 11.9 Å². The zero-order valence-electron chi connectivity index (χ0n) is 13.8. The van der Waals surface area contributed by atoms with Crippen LogP contribution in [0.15, 0.2) is 40.3 Å². The smallest absolute Gasteiger partial charge is 0.401 e. The molecule has 1 aromatic heterocycles. The van der Waals surface area contributed by atoms with Crippen molar-refractivity contribution in [2.45, 2.75) is 13.8 Å². The Morgan fingerprint density at radius 3 is 2.46 bits per heavy atom. The largest absolute Gasteiger partial charge is 0.433 e. The maximum Gasteiger partial charge on any atom is 0.433 e. The van der Waals surface area contributed by atoms with Crippen LogP contribution in [0.5, 0.6) is 0 Å². The van der Waals surface area contributed by atoms with Gasteiger partial charge in [0.05, 0.1) is 11.8 Å². The number of hydrogen-bond donors (Lipinski definition) is 1. The summed E-state index contributed by atoms with van der Waals surface area (Å²) in [7, 11) is 0. The Bertz CT molecular complexity index is 988. The van der Waals surface area contributed by atoms with Gasteiger partial charge in [-0.2, -0.15) is 0 Å². The Morgan fingerprint density at radius 1 is 1.12 bits per heavy atom. The average Bonchev–Trinajstić information content (AvgIpc) is 3.03. The molecular weight excluding hydrogens is 342 g/mol. The Balaban J connectivity index is 2.00. The number of imide groups is 2. The van der Waals surface area contributed by atoms with E-state index >= 15 is 0 Å². The zero-order valence-corrected chi connectivity index (χ0v) is 13.8. The van der Waals surface area contributed by atoms with Gasteiger partial charge in [0.2, 0.25) is 0 Å². The number of aryl methyl sites for hydroxylation is 2. The molecule has 1 N–H and O–H groups in total. The van der Waals surface area contributed by atoms with Gasteiger partial charge in [-0.15, -0.1) is 0 Å². The van der Waals surface area contributed by atoms with E-state index in [4.69, 9.17) is 4.42 Å². The molecule has 3 rings (SSSR count). The van der Waals surface area contributed by atoms with Crippen LogP contribution in [0.25, 0.3) is 6.08 Å². The molecule has 0 atom stereocenters. The number of anilines is 1. The molecule has 0 bridgehead atoms. The second-order valence-corrected chi connectivity index (χ2v) is 5.66. The molecule has 0 aliphatic carbocycles. The number of barbiturate groups is 1. The van der Waals surface area contributed by atoms with E-state index in [1.165, 1.54) is 6.07 Å². The van der Waals surface area contributed by atoms with Crippen LogP contribution in [0.3, 0.4) is 0 Å². The second kappa shape index (κ2) is 6.28. The Morgan fingerprint density at radius 2 is 1.85 bits per heavy atom. The van der Waals surface area contributed by atoms with Crippen molar-refractivity contribution in [1.29, 1.82) is 0 Å². The molecule has 0 unspecified atom stereocenters. The number of nitrogens with one attached hydrogen (secondary N) is 1. The summed E-state index contributed by atoms with van der Waals surface area (Å²) in [4.78, 5) is 47.6. The lowest BCUT2D eigenvalue weighted by molar-refractivity contribution is -0.402. The monoisotopic (exact) mass is 355 g/mol. The summed E-state index contributed by atoms with van der Waals surface area (Å²) in [6, 6.07) is 6.47. The summed E-state index contributed by atoms with van der Waals surface area (Å²) in [5.41, 5.74) is 1.78. The minimum Gasteiger partial charge on any atom is -0.401 e. The maximum absolute atomic E-state index is 12.7. The second-order valence-electron chi connectivity index (χ2n) is 5.66. The maximum atomic E-state index is 12.7. The lowest BCUT2D eigenvalue weighted by Gasteiger charge is -2.26. The summed E-state index contributed by atoms with van der Waals surface area (Å²) in [5, 5.41) is 12.7. The Kier molecular flexibility index (Phi) is 4.13. The normalized spacial score (nSPS) is 16.2. The summed E-state index contributed by atoms with van der Waals surface area (Å²) >= 11 is 0. The molecule has 0 saturated carbocycles. The van der Waals surface area contributed by atoms with Crippen LogP contribution in [-0.2, 0) is 9.59 Å². The van der Waals surface area contributed by atoms with Gasteiger partial charge in [-0.3, -0.25) is 25.0 Å². The van der Waals surface area contributed by atoms with E-state index in [1.807, 2.05) is 13.8 Å². The summed E-state index contributed by atoms with van der Waals surface area (Å²) in [6.45, 7) is 3.71. The van der Waals surface area contributed by atoms with Gasteiger partial charge in [0, 0.05) is 0 Å². The first kappa shape index (κ1) is 17.1. The van der Waals surface area contributed by atoms with Crippen molar-refractivity contribution in [3.63, 3.8) is 0 Å². The highest BCUT2D eigenvalue weighted by Crippen LogP contribution is 2.25.